The van der Waals surface area contributed by atoms with Crippen molar-refractivity contribution in [2.75, 3.05) is 12.8 Å². The number of cyclic esters (lactones) is 1. The highest BCUT2D eigenvalue weighted by molar-refractivity contribution is 6.00. The van der Waals surface area contributed by atoms with Crippen molar-refractivity contribution < 1.29 is 24.2 Å². The number of benzene rings is 1. The highest BCUT2D eigenvalue weighted by atomic mass is 16.5. The quantitative estimate of drug-likeness (QED) is 0.476. The van der Waals surface area contributed by atoms with Crippen LogP contribution in [0.2, 0.25) is 0 Å². The maximum absolute atomic E-state index is 12.0. The second kappa shape index (κ2) is 7.02. The summed E-state index contributed by atoms with van der Waals surface area (Å²) >= 11 is 0. The van der Waals surface area contributed by atoms with E-state index in [2.05, 4.69) is 0 Å². The first kappa shape index (κ1) is 18.3. The van der Waals surface area contributed by atoms with Crippen LogP contribution >= 0.6 is 0 Å². The summed E-state index contributed by atoms with van der Waals surface area (Å²) in [5.74, 6) is -0.715. The lowest BCUT2D eigenvalue weighted by Crippen LogP contribution is -2.19. The predicted molar refractivity (Wildman–Crippen MR) is 97.2 cm³/mol. The molecule has 1 aliphatic heterocycles. The van der Waals surface area contributed by atoms with Crippen LogP contribution in [-0.4, -0.2) is 24.2 Å². The van der Waals surface area contributed by atoms with Crippen LogP contribution in [0, 0.1) is 18.8 Å². The average Bonchev–Trinajstić information content (AvgIpc) is 3.23. The maximum Gasteiger partial charge on any atom is 0.341 e. The molecule has 2 atom stereocenters. The van der Waals surface area contributed by atoms with Gasteiger partial charge in [0.15, 0.2) is 0 Å². The third kappa shape index (κ3) is 2.93. The van der Waals surface area contributed by atoms with Gasteiger partial charge < -0.3 is 20.3 Å². The lowest BCUT2D eigenvalue weighted by Gasteiger charge is -2.19. The summed E-state index contributed by atoms with van der Waals surface area (Å²) in [5.41, 5.74) is 10.6. The second-order valence-electron chi connectivity index (χ2n) is 7.11. The van der Waals surface area contributed by atoms with Crippen molar-refractivity contribution in [2.45, 2.75) is 46.1 Å². The van der Waals surface area contributed by atoms with Crippen molar-refractivity contribution in [3.63, 3.8) is 0 Å². The number of rotatable bonds is 5. The molecule has 6 heteroatoms. The van der Waals surface area contributed by atoms with Gasteiger partial charge in [0.1, 0.15) is 12.4 Å². The molecule has 3 rings (SSSR count). The van der Waals surface area contributed by atoms with Crippen molar-refractivity contribution in [1.82, 2.24) is 0 Å². The molecule has 3 N–H and O–H groups in total. The van der Waals surface area contributed by atoms with Gasteiger partial charge in [-0.1, -0.05) is 18.1 Å². The minimum Gasteiger partial charge on any atom is -0.496 e. The highest BCUT2D eigenvalue weighted by Gasteiger charge is 2.34. The van der Waals surface area contributed by atoms with Crippen LogP contribution in [0.25, 0.3) is 0 Å². The number of fused-ring (bicyclic) bond motifs is 1. The standard InChI is InChI=1S/C20H25NO5/c1-10(12-5-4-6-13(12)19(22)23)7-8-14-17(21)16-15(9-26-20(16)24)11(2)18(14)25-3/h7,12-13H,4-6,8-9,21H2,1-3H3,(H,22,23)/b10-7-. The number of nitrogens with two attached hydrogens (primary N) is 1. The molecule has 1 saturated carbocycles. The van der Waals surface area contributed by atoms with Crippen LogP contribution in [0.15, 0.2) is 11.6 Å². The molecule has 0 aromatic heterocycles. The summed E-state index contributed by atoms with van der Waals surface area (Å²) < 4.78 is 10.7. The Kier molecular flexibility index (Phi) is 4.94. The molecule has 0 spiro atoms. The van der Waals surface area contributed by atoms with E-state index >= 15 is 0 Å². The zero-order chi connectivity index (χ0) is 19.0. The summed E-state index contributed by atoms with van der Waals surface area (Å²) in [5, 5.41) is 9.40. The molecule has 2 unspecified atom stereocenters. The number of esters is 1. The van der Waals surface area contributed by atoms with Crippen molar-refractivity contribution in [3.8, 4) is 5.75 Å². The fourth-order valence-electron chi connectivity index (χ4n) is 4.30. The first-order chi connectivity index (χ1) is 12.4. The van der Waals surface area contributed by atoms with Gasteiger partial charge in [-0.15, -0.1) is 0 Å². The molecule has 1 aliphatic carbocycles. The van der Waals surface area contributed by atoms with Crippen molar-refractivity contribution >= 4 is 17.6 Å². The Morgan fingerprint density at radius 3 is 2.73 bits per heavy atom. The molecule has 0 amide bonds. The number of anilines is 1. The molecule has 1 aromatic carbocycles. The highest BCUT2D eigenvalue weighted by Crippen LogP contribution is 2.41. The van der Waals surface area contributed by atoms with Gasteiger partial charge in [0.25, 0.3) is 0 Å². The van der Waals surface area contributed by atoms with Crippen molar-refractivity contribution in [2.24, 2.45) is 11.8 Å². The van der Waals surface area contributed by atoms with Crippen LogP contribution in [-0.2, 0) is 22.6 Å². The first-order valence-corrected chi connectivity index (χ1v) is 8.91. The van der Waals surface area contributed by atoms with E-state index in [0.717, 1.165) is 41.5 Å². The number of hydrogen-bond acceptors (Lipinski definition) is 5. The Labute approximate surface area is 153 Å². The molecular formula is C20H25NO5. The third-order valence-corrected chi connectivity index (χ3v) is 5.77. The van der Waals surface area contributed by atoms with Gasteiger partial charge in [-0.2, -0.15) is 0 Å². The van der Waals surface area contributed by atoms with Crippen molar-refractivity contribution in [3.05, 3.63) is 33.9 Å². The number of carbonyl (C=O) groups is 2. The average molecular weight is 359 g/mol. The van der Waals surface area contributed by atoms with E-state index in [4.69, 9.17) is 15.2 Å². The second-order valence-corrected chi connectivity index (χ2v) is 7.11. The molecule has 0 bridgehead atoms. The summed E-state index contributed by atoms with van der Waals surface area (Å²) in [6.45, 7) is 4.09. The van der Waals surface area contributed by atoms with Crippen LogP contribution in [0.5, 0.6) is 5.75 Å². The Bertz CT molecular complexity index is 796. The number of nitrogen functional groups attached to an aromatic ring is 1. The van der Waals surface area contributed by atoms with Crippen LogP contribution in [0.1, 0.15) is 53.2 Å². The van der Waals surface area contributed by atoms with E-state index in [1.807, 2.05) is 19.9 Å². The number of carbonyl (C=O) groups excluding carboxylic acids is 1. The Morgan fingerprint density at radius 2 is 2.08 bits per heavy atom. The number of aliphatic carboxylic acids is 1. The third-order valence-electron chi connectivity index (χ3n) is 5.77. The molecule has 0 radical (unpaired) electrons. The van der Waals surface area contributed by atoms with Gasteiger partial charge in [0, 0.05) is 11.1 Å². The molecule has 1 fully saturated rings. The molecule has 2 aliphatic rings. The topological polar surface area (TPSA) is 98.9 Å². The molecule has 0 saturated heterocycles. The molecule has 6 nitrogen and oxygen atoms in total. The zero-order valence-electron chi connectivity index (χ0n) is 15.4. The number of carboxylic acid groups (broad SMARTS) is 1. The Balaban J connectivity index is 1.95. The molecule has 26 heavy (non-hydrogen) atoms. The van der Waals surface area contributed by atoms with E-state index in [9.17, 15) is 14.7 Å². The van der Waals surface area contributed by atoms with E-state index in [1.54, 1.807) is 7.11 Å². The first-order valence-electron chi connectivity index (χ1n) is 8.91. The largest absolute Gasteiger partial charge is 0.496 e. The van der Waals surface area contributed by atoms with Crippen LogP contribution in [0.4, 0.5) is 5.69 Å². The number of methoxy groups -OCH3 is 1. The minimum absolute atomic E-state index is 0.0557. The number of carboxylic acids is 1. The number of ether oxygens (including phenoxy) is 2. The minimum atomic E-state index is -0.728. The van der Waals surface area contributed by atoms with E-state index in [0.29, 0.717) is 23.4 Å². The molecule has 140 valence electrons. The smallest absolute Gasteiger partial charge is 0.341 e. The van der Waals surface area contributed by atoms with Crippen LogP contribution < -0.4 is 10.5 Å². The van der Waals surface area contributed by atoms with E-state index in [1.165, 1.54) is 0 Å². The lowest BCUT2D eigenvalue weighted by molar-refractivity contribution is -0.142. The predicted octanol–water partition coefficient (Wildman–Crippen LogP) is 3.25. The fourth-order valence-corrected chi connectivity index (χ4v) is 4.30. The molecular weight excluding hydrogens is 334 g/mol. The van der Waals surface area contributed by atoms with Crippen LogP contribution in [0.3, 0.4) is 0 Å². The van der Waals surface area contributed by atoms with Gasteiger partial charge in [0.05, 0.1) is 24.3 Å². The molecule has 1 aromatic rings. The lowest BCUT2D eigenvalue weighted by atomic mass is 9.88. The fraction of sp³-hybridized carbons (Fsp3) is 0.500. The van der Waals surface area contributed by atoms with Gasteiger partial charge in [0.2, 0.25) is 0 Å². The summed E-state index contributed by atoms with van der Waals surface area (Å²) in [6, 6.07) is 0. The van der Waals surface area contributed by atoms with Crippen molar-refractivity contribution in [1.29, 1.82) is 0 Å². The van der Waals surface area contributed by atoms with Gasteiger partial charge >= 0.3 is 11.9 Å². The normalized spacial score (nSPS) is 22.3. The number of hydrogen-bond donors (Lipinski definition) is 2. The van der Waals surface area contributed by atoms with E-state index < -0.39 is 11.9 Å². The van der Waals surface area contributed by atoms with Gasteiger partial charge in [-0.25, -0.2) is 4.79 Å². The Hall–Kier alpha value is -2.50. The summed E-state index contributed by atoms with van der Waals surface area (Å²) in [6.07, 6.45) is 5.06. The van der Waals surface area contributed by atoms with Gasteiger partial charge in [-0.3, -0.25) is 4.79 Å². The summed E-state index contributed by atoms with van der Waals surface area (Å²) in [4.78, 5) is 23.5. The summed E-state index contributed by atoms with van der Waals surface area (Å²) in [7, 11) is 1.59. The SMILES string of the molecule is COc1c(C)c2c(c(N)c1C/C=C(/C)C1CCCC1C(=O)O)C(=O)OC2. The maximum atomic E-state index is 12.0. The Morgan fingerprint density at radius 1 is 1.38 bits per heavy atom. The van der Waals surface area contributed by atoms with E-state index in [-0.39, 0.29) is 18.4 Å². The zero-order valence-corrected chi connectivity index (χ0v) is 15.4. The number of allylic oxidation sites excluding steroid dienone is 2. The van der Waals surface area contributed by atoms with Gasteiger partial charge in [-0.05, 0) is 44.6 Å². The monoisotopic (exact) mass is 359 g/mol. The molecule has 1 heterocycles.